The van der Waals surface area contributed by atoms with Gasteiger partial charge in [-0.05, 0) is 49.2 Å². The van der Waals surface area contributed by atoms with Crippen LogP contribution in [0.4, 0.5) is 5.69 Å². The zero-order valence-electron chi connectivity index (χ0n) is 11.5. The molecule has 4 heteroatoms. The third-order valence-corrected chi connectivity index (χ3v) is 3.91. The minimum Gasteiger partial charge on any atom is -0.321 e. The summed E-state index contributed by atoms with van der Waals surface area (Å²) in [6.45, 7) is 4.39. The summed E-state index contributed by atoms with van der Waals surface area (Å²) in [5.41, 5.74) is 8.49. The quantitative estimate of drug-likeness (QED) is 0.833. The molecule has 0 aliphatic rings. The van der Waals surface area contributed by atoms with Gasteiger partial charge < -0.3 is 11.1 Å². The van der Waals surface area contributed by atoms with Gasteiger partial charge in [0.15, 0.2) is 0 Å². The van der Waals surface area contributed by atoms with Crippen LogP contribution in [0.15, 0.2) is 30.3 Å². The predicted molar refractivity (Wildman–Crippen MR) is 84.1 cm³/mol. The molecule has 1 aromatic heterocycles. The van der Waals surface area contributed by atoms with Crippen LogP contribution in [0.3, 0.4) is 0 Å². The molecule has 0 saturated heterocycles. The lowest BCUT2D eigenvalue weighted by molar-refractivity contribution is 0.103. The molecule has 0 aliphatic heterocycles. The fourth-order valence-corrected chi connectivity index (χ4v) is 2.45. The molecule has 0 saturated carbocycles. The number of thiophene rings is 1. The van der Waals surface area contributed by atoms with E-state index in [-0.39, 0.29) is 5.91 Å². The molecule has 3 nitrogen and oxygen atoms in total. The van der Waals surface area contributed by atoms with E-state index in [1.165, 1.54) is 16.9 Å². The van der Waals surface area contributed by atoms with Crippen LogP contribution in [-0.2, 0) is 0 Å². The van der Waals surface area contributed by atoms with E-state index in [0.717, 1.165) is 16.1 Å². The molecule has 1 amide bonds. The Balaban J connectivity index is 2.11. The molecule has 0 atom stereocenters. The number of hydrogen-bond acceptors (Lipinski definition) is 3. The zero-order valence-corrected chi connectivity index (χ0v) is 12.3. The van der Waals surface area contributed by atoms with Crippen molar-refractivity contribution < 1.29 is 4.79 Å². The van der Waals surface area contributed by atoms with Gasteiger partial charge in [-0.15, -0.1) is 11.3 Å². The van der Waals surface area contributed by atoms with E-state index in [1.54, 1.807) is 6.07 Å². The van der Waals surface area contributed by atoms with E-state index in [4.69, 9.17) is 5.73 Å². The highest BCUT2D eigenvalue weighted by molar-refractivity contribution is 7.14. The van der Waals surface area contributed by atoms with Gasteiger partial charge in [-0.3, -0.25) is 4.79 Å². The van der Waals surface area contributed by atoms with Crippen molar-refractivity contribution in [1.29, 1.82) is 0 Å². The summed E-state index contributed by atoms with van der Waals surface area (Å²) in [4.78, 5) is 13.6. The number of nitrogens with two attached hydrogens (primary N) is 1. The summed E-state index contributed by atoms with van der Waals surface area (Å²) >= 11 is 1.37. The SMILES string of the molecule is Cc1ccc(NC(=O)c2ccc(C#CCN)s2)cc1C. The first kappa shape index (κ1) is 14.3. The van der Waals surface area contributed by atoms with Crippen LogP contribution in [0.5, 0.6) is 0 Å². The summed E-state index contributed by atoms with van der Waals surface area (Å²) in [7, 11) is 0. The Morgan fingerprint density at radius 3 is 2.75 bits per heavy atom. The van der Waals surface area contributed by atoms with Crippen LogP contribution < -0.4 is 11.1 Å². The zero-order chi connectivity index (χ0) is 14.5. The van der Waals surface area contributed by atoms with E-state index in [0.29, 0.717) is 11.4 Å². The van der Waals surface area contributed by atoms with Crippen molar-refractivity contribution in [2.45, 2.75) is 13.8 Å². The first-order valence-corrected chi connectivity index (χ1v) is 7.09. The number of rotatable bonds is 2. The average Bonchev–Trinajstić information content (AvgIpc) is 2.89. The fourth-order valence-electron chi connectivity index (χ4n) is 1.68. The van der Waals surface area contributed by atoms with Crippen LogP contribution in [0.25, 0.3) is 0 Å². The largest absolute Gasteiger partial charge is 0.321 e. The lowest BCUT2D eigenvalue weighted by Gasteiger charge is -2.06. The molecule has 0 spiro atoms. The third kappa shape index (κ3) is 3.47. The third-order valence-electron chi connectivity index (χ3n) is 2.91. The standard InChI is InChI=1S/C16H16N2OS/c1-11-5-6-13(10-12(11)2)18-16(19)15-8-7-14(20-15)4-3-9-17/h5-8,10H,9,17H2,1-2H3,(H,18,19). The molecule has 0 bridgehead atoms. The second-order valence-corrected chi connectivity index (χ2v) is 5.51. The Morgan fingerprint density at radius 2 is 2.05 bits per heavy atom. The molecule has 0 fully saturated rings. The highest BCUT2D eigenvalue weighted by Crippen LogP contribution is 2.19. The molecule has 1 aromatic carbocycles. The second kappa shape index (κ2) is 6.38. The van der Waals surface area contributed by atoms with Crippen LogP contribution in [0, 0.1) is 25.7 Å². The number of hydrogen-bond donors (Lipinski definition) is 2. The first-order valence-electron chi connectivity index (χ1n) is 6.27. The number of carbonyl (C=O) groups excluding carboxylic acids is 1. The molecule has 20 heavy (non-hydrogen) atoms. The Bertz CT molecular complexity index is 692. The van der Waals surface area contributed by atoms with E-state index in [2.05, 4.69) is 17.2 Å². The molecule has 2 rings (SSSR count). The lowest BCUT2D eigenvalue weighted by atomic mass is 10.1. The molecule has 1 heterocycles. The maximum atomic E-state index is 12.1. The monoisotopic (exact) mass is 284 g/mol. The van der Waals surface area contributed by atoms with Gasteiger partial charge in [0.2, 0.25) is 0 Å². The number of aryl methyl sites for hydroxylation is 2. The second-order valence-electron chi connectivity index (χ2n) is 4.42. The maximum Gasteiger partial charge on any atom is 0.265 e. The van der Waals surface area contributed by atoms with Gasteiger partial charge in [0.05, 0.1) is 16.3 Å². The van der Waals surface area contributed by atoms with Crippen LogP contribution in [0.2, 0.25) is 0 Å². The number of amides is 1. The van der Waals surface area contributed by atoms with Crippen molar-refractivity contribution in [2.24, 2.45) is 5.73 Å². The molecule has 0 aliphatic carbocycles. The smallest absolute Gasteiger partial charge is 0.265 e. The van der Waals surface area contributed by atoms with Gasteiger partial charge in [-0.2, -0.15) is 0 Å². The molecule has 0 radical (unpaired) electrons. The highest BCUT2D eigenvalue weighted by atomic mass is 32.1. The Kier molecular flexibility index (Phi) is 4.57. The number of carbonyl (C=O) groups is 1. The predicted octanol–water partition coefficient (Wildman–Crippen LogP) is 2.93. The molecule has 3 N–H and O–H groups in total. The fraction of sp³-hybridized carbons (Fsp3) is 0.188. The van der Waals surface area contributed by atoms with Gasteiger partial charge in [-0.25, -0.2) is 0 Å². The van der Waals surface area contributed by atoms with Crippen molar-refractivity contribution in [3.63, 3.8) is 0 Å². The van der Waals surface area contributed by atoms with Crippen molar-refractivity contribution in [3.05, 3.63) is 51.2 Å². The normalized spacial score (nSPS) is 9.75. The Morgan fingerprint density at radius 1 is 1.25 bits per heavy atom. The molecular formula is C16H16N2OS. The van der Waals surface area contributed by atoms with Crippen LogP contribution in [-0.4, -0.2) is 12.5 Å². The minimum atomic E-state index is -0.112. The van der Waals surface area contributed by atoms with Crippen molar-refractivity contribution in [3.8, 4) is 11.8 Å². The summed E-state index contributed by atoms with van der Waals surface area (Å²) in [6, 6.07) is 9.49. The molecule has 0 unspecified atom stereocenters. The van der Waals surface area contributed by atoms with Gasteiger partial charge in [0.1, 0.15) is 0 Å². The Hall–Kier alpha value is -2.09. The van der Waals surface area contributed by atoms with Crippen LogP contribution in [0.1, 0.15) is 25.7 Å². The summed E-state index contributed by atoms with van der Waals surface area (Å²) in [5, 5.41) is 2.89. The summed E-state index contributed by atoms with van der Waals surface area (Å²) in [6.07, 6.45) is 0. The number of nitrogens with one attached hydrogen (secondary N) is 1. The van der Waals surface area contributed by atoms with E-state index in [1.807, 2.05) is 38.1 Å². The summed E-state index contributed by atoms with van der Waals surface area (Å²) < 4.78 is 0. The summed E-state index contributed by atoms with van der Waals surface area (Å²) in [5.74, 6) is 5.59. The van der Waals surface area contributed by atoms with Gasteiger partial charge in [0.25, 0.3) is 5.91 Å². The van der Waals surface area contributed by atoms with E-state index < -0.39 is 0 Å². The van der Waals surface area contributed by atoms with E-state index >= 15 is 0 Å². The van der Waals surface area contributed by atoms with E-state index in [9.17, 15) is 4.79 Å². The van der Waals surface area contributed by atoms with Crippen LogP contribution >= 0.6 is 11.3 Å². The maximum absolute atomic E-state index is 12.1. The number of anilines is 1. The minimum absolute atomic E-state index is 0.112. The number of benzene rings is 1. The molecular weight excluding hydrogens is 268 g/mol. The first-order chi connectivity index (χ1) is 9.60. The average molecular weight is 284 g/mol. The van der Waals surface area contributed by atoms with Gasteiger partial charge in [0, 0.05) is 5.69 Å². The highest BCUT2D eigenvalue weighted by Gasteiger charge is 2.09. The Labute approximate surface area is 122 Å². The molecule has 102 valence electrons. The lowest BCUT2D eigenvalue weighted by Crippen LogP contribution is -2.10. The van der Waals surface area contributed by atoms with Crippen molar-refractivity contribution in [1.82, 2.24) is 0 Å². The van der Waals surface area contributed by atoms with Gasteiger partial charge >= 0.3 is 0 Å². The molecule has 2 aromatic rings. The van der Waals surface area contributed by atoms with Crippen molar-refractivity contribution >= 4 is 22.9 Å². The topological polar surface area (TPSA) is 55.1 Å². The van der Waals surface area contributed by atoms with Gasteiger partial charge in [-0.1, -0.05) is 17.9 Å². The van der Waals surface area contributed by atoms with Crippen molar-refractivity contribution in [2.75, 3.05) is 11.9 Å².